The van der Waals surface area contributed by atoms with Gasteiger partial charge in [0, 0.05) is 58.0 Å². The second kappa shape index (κ2) is 8.09. The molecule has 6 heteroatoms. The molecular formula is C18H28N4O2. The predicted octanol–water partition coefficient (Wildman–Crippen LogP) is 2.10. The highest BCUT2D eigenvalue weighted by Gasteiger charge is 2.39. The number of piperidine rings is 1. The van der Waals surface area contributed by atoms with Crippen molar-refractivity contribution in [3.05, 3.63) is 0 Å². The van der Waals surface area contributed by atoms with Crippen molar-refractivity contribution >= 4 is 5.91 Å². The third-order valence-electron chi connectivity index (χ3n) is 5.24. The van der Waals surface area contributed by atoms with E-state index in [1.165, 1.54) is 12.8 Å². The third kappa shape index (κ3) is 5.02. The maximum absolute atomic E-state index is 12.2. The first kappa shape index (κ1) is 17.4. The molecule has 1 N–H and O–H groups in total. The Morgan fingerprint density at radius 2 is 2.08 bits per heavy atom. The molecule has 3 aliphatic heterocycles. The van der Waals surface area contributed by atoms with Gasteiger partial charge in [-0.05, 0) is 25.7 Å². The molecule has 0 aliphatic carbocycles. The van der Waals surface area contributed by atoms with Crippen LogP contribution in [0.25, 0.3) is 0 Å². The van der Waals surface area contributed by atoms with E-state index in [1.807, 2.05) is 0 Å². The first-order valence-corrected chi connectivity index (χ1v) is 9.20. The fourth-order valence-corrected chi connectivity index (χ4v) is 3.62. The van der Waals surface area contributed by atoms with Crippen molar-refractivity contribution in [2.75, 3.05) is 26.2 Å². The van der Waals surface area contributed by atoms with Gasteiger partial charge in [-0.2, -0.15) is 10.2 Å². The molecule has 1 unspecified atom stereocenters. The Kier molecular flexibility index (Phi) is 5.85. The lowest BCUT2D eigenvalue weighted by Gasteiger charge is -2.33. The van der Waals surface area contributed by atoms with Crippen LogP contribution in [0.4, 0.5) is 0 Å². The molecular weight excluding hydrogens is 304 g/mol. The third-order valence-corrected chi connectivity index (χ3v) is 5.24. The number of hydrogen-bond acceptors (Lipinski definition) is 5. The minimum atomic E-state index is -0.353. The normalized spacial score (nSPS) is 26.2. The number of amides is 1. The molecule has 3 rings (SSSR count). The largest absolute Gasteiger partial charge is 0.377 e. The molecule has 0 spiro atoms. The zero-order chi connectivity index (χ0) is 16.8. The summed E-state index contributed by atoms with van der Waals surface area (Å²) in [6, 6.07) is 0.299. The smallest absolute Gasteiger partial charge is 0.220 e. The summed E-state index contributed by atoms with van der Waals surface area (Å²) in [6.45, 7) is 4.04. The predicted molar refractivity (Wildman–Crippen MR) is 91.5 cm³/mol. The zero-order valence-electron chi connectivity index (χ0n) is 14.4. The summed E-state index contributed by atoms with van der Waals surface area (Å²) >= 11 is 0. The van der Waals surface area contributed by atoms with E-state index in [9.17, 15) is 4.79 Å². The van der Waals surface area contributed by atoms with Gasteiger partial charge in [-0.3, -0.25) is 4.79 Å². The van der Waals surface area contributed by atoms with E-state index in [4.69, 9.17) is 11.2 Å². The topological polar surface area (TPSA) is 66.3 Å². The molecule has 6 nitrogen and oxygen atoms in total. The van der Waals surface area contributed by atoms with Gasteiger partial charge in [0.1, 0.15) is 0 Å². The highest BCUT2D eigenvalue weighted by molar-refractivity contribution is 5.76. The van der Waals surface area contributed by atoms with Crippen molar-refractivity contribution in [3.8, 4) is 12.3 Å². The summed E-state index contributed by atoms with van der Waals surface area (Å²) in [7, 11) is 0. The molecule has 3 aliphatic rings. The molecule has 132 valence electrons. The van der Waals surface area contributed by atoms with Gasteiger partial charge in [0.15, 0.2) is 5.66 Å². The summed E-state index contributed by atoms with van der Waals surface area (Å²) in [5.74, 6) is 2.73. The Morgan fingerprint density at radius 1 is 1.29 bits per heavy atom. The lowest BCUT2D eigenvalue weighted by Crippen LogP contribution is -2.46. The number of terminal acetylenes is 1. The quantitative estimate of drug-likeness (QED) is 0.692. The van der Waals surface area contributed by atoms with Crippen LogP contribution in [0.15, 0.2) is 10.2 Å². The lowest BCUT2D eigenvalue weighted by molar-refractivity contribution is -0.122. The monoisotopic (exact) mass is 332 g/mol. The second-order valence-electron chi connectivity index (χ2n) is 7.16. The minimum Gasteiger partial charge on any atom is -0.377 e. The van der Waals surface area contributed by atoms with E-state index in [1.54, 1.807) is 0 Å². The van der Waals surface area contributed by atoms with Gasteiger partial charge in [0.05, 0.1) is 6.10 Å². The number of ether oxygens (including phenoxy) is 1. The van der Waals surface area contributed by atoms with Crippen molar-refractivity contribution in [2.24, 2.45) is 10.2 Å². The molecule has 1 amide bonds. The standard InChI is InChI=1S/C18H28N4O2/c1-2-3-9-18(20-21-18)10-6-17(23)19-15-7-11-22(12-8-15)14-16-5-4-13-24-16/h1,15-16H,3-14H2,(H,19,23). The molecule has 24 heavy (non-hydrogen) atoms. The van der Waals surface area contributed by atoms with Crippen LogP contribution >= 0.6 is 0 Å². The van der Waals surface area contributed by atoms with Gasteiger partial charge in [0.2, 0.25) is 5.91 Å². The van der Waals surface area contributed by atoms with Gasteiger partial charge in [-0.25, -0.2) is 0 Å². The molecule has 2 fully saturated rings. The number of hydrogen-bond donors (Lipinski definition) is 1. The minimum absolute atomic E-state index is 0.116. The summed E-state index contributed by atoms with van der Waals surface area (Å²) in [4.78, 5) is 14.6. The number of carbonyl (C=O) groups excluding carboxylic acids is 1. The summed E-state index contributed by atoms with van der Waals surface area (Å²) in [6.07, 6.45) is 12.7. The van der Waals surface area contributed by atoms with Crippen LogP contribution in [0.3, 0.4) is 0 Å². The van der Waals surface area contributed by atoms with Gasteiger partial charge >= 0.3 is 0 Å². The summed E-state index contributed by atoms with van der Waals surface area (Å²) in [5.41, 5.74) is -0.353. The van der Waals surface area contributed by atoms with Crippen molar-refractivity contribution in [1.29, 1.82) is 0 Å². The van der Waals surface area contributed by atoms with Gasteiger partial charge in [-0.15, -0.1) is 12.3 Å². The SMILES string of the molecule is C#CCCC1(CCC(=O)NC2CCN(CC3CCCO3)CC2)N=N1. The van der Waals surface area contributed by atoms with E-state index >= 15 is 0 Å². The number of carbonyl (C=O) groups is 1. The number of rotatable bonds is 8. The zero-order valence-corrected chi connectivity index (χ0v) is 14.4. The van der Waals surface area contributed by atoms with Crippen LogP contribution < -0.4 is 5.32 Å². The second-order valence-corrected chi connectivity index (χ2v) is 7.16. The van der Waals surface area contributed by atoms with Gasteiger partial charge in [-0.1, -0.05) is 0 Å². The molecule has 0 aromatic carbocycles. The van der Waals surface area contributed by atoms with E-state index in [0.717, 1.165) is 45.5 Å². The Labute approximate surface area is 144 Å². The molecule has 0 aromatic rings. The van der Waals surface area contributed by atoms with Gasteiger partial charge < -0.3 is 15.0 Å². The van der Waals surface area contributed by atoms with Crippen molar-refractivity contribution < 1.29 is 9.53 Å². The van der Waals surface area contributed by atoms with Crippen molar-refractivity contribution in [2.45, 2.75) is 69.2 Å². The highest BCUT2D eigenvalue weighted by Crippen LogP contribution is 2.37. The van der Waals surface area contributed by atoms with Crippen LogP contribution in [0.1, 0.15) is 51.4 Å². The summed E-state index contributed by atoms with van der Waals surface area (Å²) < 4.78 is 5.70. The van der Waals surface area contributed by atoms with Crippen LogP contribution in [0, 0.1) is 12.3 Å². The van der Waals surface area contributed by atoms with Gasteiger partial charge in [0.25, 0.3) is 0 Å². The Hall–Kier alpha value is -1.45. The number of nitrogens with zero attached hydrogens (tertiary/aromatic N) is 3. The Bertz CT molecular complexity index is 494. The van der Waals surface area contributed by atoms with Crippen LogP contribution in [-0.4, -0.2) is 54.9 Å². The summed E-state index contributed by atoms with van der Waals surface area (Å²) in [5, 5.41) is 11.3. The molecule has 0 radical (unpaired) electrons. The average Bonchev–Trinajstić information content (AvgIpc) is 3.18. The molecule has 1 atom stereocenters. The average molecular weight is 332 g/mol. The van der Waals surface area contributed by atoms with E-state index in [0.29, 0.717) is 31.4 Å². The Balaban J connectivity index is 1.29. The lowest BCUT2D eigenvalue weighted by atomic mass is 10.0. The van der Waals surface area contributed by atoms with E-state index in [-0.39, 0.29) is 11.6 Å². The molecule has 3 heterocycles. The number of nitrogens with one attached hydrogen (secondary N) is 1. The van der Waals surface area contributed by atoms with E-state index < -0.39 is 0 Å². The van der Waals surface area contributed by atoms with Crippen LogP contribution in [-0.2, 0) is 9.53 Å². The van der Waals surface area contributed by atoms with E-state index in [2.05, 4.69) is 26.4 Å². The molecule has 2 saturated heterocycles. The highest BCUT2D eigenvalue weighted by atomic mass is 16.5. The molecule has 0 bridgehead atoms. The molecule has 0 saturated carbocycles. The maximum atomic E-state index is 12.2. The first-order valence-electron chi connectivity index (χ1n) is 9.20. The Morgan fingerprint density at radius 3 is 2.71 bits per heavy atom. The van der Waals surface area contributed by atoms with Crippen molar-refractivity contribution in [3.63, 3.8) is 0 Å². The fraction of sp³-hybridized carbons (Fsp3) is 0.833. The van der Waals surface area contributed by atoms with Crippen LogP contribution in [0.2, 0.25) is 0 Å². The van der Waals surface area contributed by atoms with Crippen molar-refractivity contribution in [1.82, 2.24) is 10.2 Å². The van der Waals surface area contributed by atoms with Crippen LogP contribution in [0.5, 0.6) is 0 Å². The molecule has 0 aromatic heterocycles. The maximum Gasteiger partial charge on any atom is 0.220 e. The first-order chi connectivity index (χ1) is 11.7. The number of likely N-dealkylation sites (tertiary alicyclic amines) is 1. The fourth-order valence-electron chi connectivity index (χ4n) is 3.62.